The first-order valence-corrected chi connectivity index (χ1v) is 11.2. The molecule has 0 fully saturated rings. The fourth-order valence-corrected chi connectivity index (χ4v) is 4.50. The smallest absolute Gasteiger partial charge is 0.322 e. The molecule has 4 rings (SSSR count). The molecule has 0 saturated carbocycles. The van der Waals surface area contributed by atoms with E-state index in [1.54, 1.807) is 35.5 Å². The number of urea groups is 1. The molecule has 0 saturated heterocycles. The summed E-state index contributed by atoms with van der Waals surface area (Å²) in [4.78, 5) is 15.3. The third-order valence-corrected chi connectivity index (χ3v) is 6.16. The van der Waals surface area contributed by atoms with Crippen LogP contribution in [0.5, 0.6) is 28.7 Å². The van der Waals surface area contributed by atoms with Crippen LogP contribution in [0.3, 0.4) is 0 Å². The maximum atomic E-state index is 13.5. The Morgan fingerprint density at radius 3 is 1.97 bits per heavy atom. The van der Waals surface area contributed by atoms with Crippen LogP contribution in [0.15, 0.2) is 54.6 Å². The Morgan fingerprint density at radius 1 is 0.800 bits per heavy atom. The molecule has 3 aromatic carbocycles. The minimum absolute atomic E-state index is 0.213. The molecule has 1 atom stereocenters. The second-order valence-electron chi connectivity index (χ2n) is 8.01. The van der Waals surface area contributed by atoms with Crippen LogP contribution < -0.4 is 29.0 Å². The normalized spacial score (nSPS) is 14.5. The molecule has 184 valence electrons. The number of nitrogens with zero attached hydrogens (tertiary/aromatic N) is 1. The SMILES string of the molecule is COc1cc2c(cc1OC)C(c1cc(OC)c(OC)c(OC)c1)N(C(=O)Nc1ccccc1)CC2. The van der Waals surface area contributed by atoms with Crippen LogP contribution in [0.1, 0.15) is 22.7 Å². The Balaban J connectivity index is 1.87. The summed E-state index contributed by atoms with van der Waals surface area (Å²) in [5, 5.41) is 3.02. The van der Waals surface area contributed by atoms with Gasteiger partial charge in [-0.1, -0.05) is 18.2 Å². The summed E-state index contributed by atoms with van der Waals surface area (Å²) in [6.45, 7) is 0.502. The Kier molecular flexibility index (Phi) is 7.19. The molecular weight excluding hydrogens is 448 g/mol. The van der Waals surface area contributed by atoms with Gasteiger partial charge in [0.15, 0.2) is 23.0 Å². The number of rotatable bonds is 7. The molecule has 1 N–H and O–H groups in total. The summed E-state index contributed by atoms with van der Waals surface area (Å²) in [5.74, 6) is 2.75. The Morgan fingerprint density at radius 2 is 1.40 bits per heavy atom. The van der Waals surface area contributed by atoms with E-state index in [1.165, 1.54) is 0 Å². The maximum Gasteiger partial charge on any atom is 0.322 e. The zero-order valence-corrected chi connectivity index (χ0v) is 20.6. The van der Waals surface area contributed by atoms with Gasteiger partial charge in [0, 0.05) is 12.2 Å². The molecule has 8 heteroatoms. The van der Waals surface area contributed by atoms with Gasteiger partial charge in [0.1, 0.15) is 0 Å². The van der Waals surface area contributed by atoms with E-state index in [0.29, 0.717) is 41.7 Å². The van der Waals surface area contributed by atoms with Crippen molar-refractivity contribution in [2.75, 3.05) is 47.4 Å². The molecule has 0 radical (unpaired) electrons. The van der Waals surface area contributed by atoms with Crippen LogP contribution in [0, 0.1) is 0 Å². The first-order chi connectivity index (χ1) is 17.0. The molecule has 0 bridgehead atoms. The molecule has 35 heavy (non-hydrogen) atoms. The number of nitrogens with one attached hydrogen (secondary N) is 1. The number of carbonyl (C=O) groups is 1. The van der Waals surface area contributed by atoms with E-state index in [-0.39, 0.29) is 6.03 Å². The zero-order valence-electron chi connectivity index (χ0n) is 20.6. The number of anilines is 1. The van der Waals surface area contributed by atoms with Gasteiger partial charge in [-0.15, -0.1) is 0 Å². The number of hydrogen-bond donors (Lipinski definition) is 1. The first-order valence-electron chi connectivity index (χ1n) is 11.2. The number of amides is 2. The fraction of sp³-hybridized carbons (Fsp3) is 0.296. The number of methoxy groups -OCH3 is 5. The third-order valence-electron chi connectivity index (χ3n) is 6.16. The highest BCUT2D eigenvalue weighted by molar-refractivity contribution is 5.90. The van der Waals surface area contributed by atoms with Crippen LogP contribution in [0.25, 0.3) is 0 Å². The van der Waals surface area contributed by atoms with Crippen molar-refractivity contribution in [2.45, 2.75) is 12.5 Å². The van der Waals surface area contributed by atoms with Gasteiger partial charge in [-0.25, -0.2) is 4.79 Å². The fourth-order valence-electron chi connectivity index (χ4n) is 4.50. The number of benzene rings is 3. The summed E-state index contributed by atoms with van der Waals surface area (Å²) in [5.41, 5.74) is 3.55. The van der Waals surface area contributed by atoms with Gasteiger partial charge >= 0.3 is 6.03 Å². The quantitative estimate of drug-likeness (QED) is 0.520. The standard InChI is InChI=1S/C27H30N2O6/c1-31-21-13-17-11-12-29(27(30)28-19-9-7-6-8-10-19)25(20(17)16-22(21)32-2)18-14-23(33-3)26(35-5)24(15-18)34-4/h6-10,13-16,25H,11-12H2,1-5H3,(H,28,30). The van der Waals surface area contributed by atoms with Crippen molar-refractivity contribution in [1.82, 2.24) is 4.90 Å². The number of para-hydroxylation sites is 1. The molecule has 8 nitrogen and oxygen atoms in total. The summed E-state index contributed by atoms with van der Waals surface area (Å²) < 4.78 is 27.8. The highest BCUT2D eigenvalue weighted by Gasteiger charge is 2.35. The molecule has 1 heterocycles. The van der Waals surface area contributed by atoms with Crippen molar-refractivity contribution in [2.24, 2.45) is 0 Å². The lowest BCUT2D eigenvalue weighted by Crippen LogP contribution is -2.43. The number of carbonyl (C=O) groups excluding carboxylic acids is 1. The highest BCUT2D eigenvalue weighted by Crippen LogP contribution is 2.46. The Bertz CT molecular complexity index is 1170. The van der Waals surface area contributed by atoms with Crippen molar-refractivity contribution < 1.29 is 28.5 Å². The molecule has 1 unspecified atom stereocenters. The summed E-state index contributed by atoms with van der Waals surface area (Å²) in [6, 6.07) is 16.4. The summed E-state index contributed by atoms with van der Waals surface area (Å²) in [6.07, 6.45) is 0.665. The number of ether oxygens (including phenoxy) is 5. The Labute approximate surface area is 205 Å². The van der Waals surface area contributed by atoms with Crippen LogP contribution in [-0.4, -0.2) is 53.0 Å². The second kappa shape index (κ2) is 10.5. The van der Waals surface area contributed by atoms with E-state index >= 15 is 0 Å². The minimum atomic E-state index is -0.434. The van der Waals surface area contributed by atoms with E-state index in [9.17, 15) is 4.79 Å². The first kappa shape index (κ1) is 24.1. The van der Waals surface area contributed by atoms with E-state index in [0.717, 1.165) is 22.4 Å². The predicted octanol–water partition coefficient (Wildman–Crippen LogP) is 4.91. The van der Waals surface area contributed by atoms with Crippen molar-refractivity contribution in [3.05, 3.63) is 71.3 Å². The lowest BCUT2D eigenvalue weighted by atomic mass is 9.87. The molecule has 0 aromatic heterocycles. The van der Waals surface area contributed by atoms with Gasteiger partial charge in [0.05, 0.1) is 41.6 Å². The molecule has 0 aliphatic carbocycles. The van der Waals surface area contributed by atoms with Gasteiger partial charge in [-0.2, -0.15) is 0 Å². The monoisotopic (exact) mass is 478 g/mol. The maximum absolute atomic E-state index is 13.5. The van der Waals surface area contributed by atoms with Gasteiger partial charge in [0.2, 0.25) is 5.75 Å². The van der Waals surface area contributed by atoms with E-state index in [4.69, 9.17) is 23.7 Å². The van der Waals surface area contributed by atoms with Crippen LogP contribution in [-0.2, 0) is 6.42 Å². The highest BCUT2D eigenvalue weighted by atomic mass is 16.5. The second-order valence-corrected chi connectivity index (χ2v) is 8.01. The summed E-state index contributed by atoms with van der Waals surface area (Å²) in [7, 11) is 7.92. The number of hydrogen-bond acceptors (Lipinski definition) is 6. The molecular formula is C27H30N2O6. The van der Waals surface area contributed by atoms with E-state index in [1.807, 2.05) is 59.5 Å². The molecule has 1 aliphatic rings. The van der Waals surface area contributed by atoms with Crippen molar-refractivity contribution >= 4 is 11.7 Å². The summed E-state index contributed by atoms with van der Waals surface area (Å²) >= 11 is 0. The minimum Gasteiger partial charge on any atom is -0.493 e. The van der Waals surface area contributed by atoms with Gasteiger partial charge in [0.25, 0.3) is 0 Å². The van der Waals surface area contributed by atoms with Crippen molar-refractivity contribution in [3.63, 3.8) is 0 Å². The molecule has 0 spiro atoms. The Hall–Kier alpha value is -4.07. The van der Waals surface area contributed by atoms with Gasteiger partial charge < -0.3 is 33.9 Å². The van der Waals surface area contributed by atoms with Gasteiger partial charge in [-0.3, -0.25) is 0 Å². The average molecular weight is 479 g/mol. The zero-order chi connectivity index (χ0) is 24.9. The topological polar surface area (TPSA) is 78.5 Å². The van der Waals surface area contributed by atoms with Crippen LogP contribution >= 0.6 is 0 Å². The number of fused-ring (bicyclic) bond motifs is 1. The van der Waals surface area contributed by atoms with Crippen LogP contribution in [0.4, 0.5) is 10.5 Å². The van der Waals surface area contributed by atoms with E-state index in [2.05, 4.69) is 5.32 Å². The third kappa shape index (κ3) is 4.64. The van der Waals surface area contributed by atoms with Gasteiger partial charge in [-0.05, 0) is 59.5 Å². The van der Waals surface area contributed by atoms with Crippen LogP contribution in [0.2, 0.25) is 0 Å². The van der Waals surface area contributed by atoms with Crippen molar-refractivity contribution in [1.29, 1.82) is 0 Å². The average Bonchev–Trinajstić information content (AvgIpc) is 2.91. The predicted molar refractivity (Wildman–Crippen MR) is 133 cm³/mol. The molecule has 3 aromatic rings. The lowest BCUT2D eigenvalue weighted by Gasteiger charge is -2.38. The molecule has 2 amide bonds. The van der Waals surface area contributed by atoms with Crippen molar-refractivity contribution in [3.8, 4) is 28.7 Å². The lowest BCUT2D eigenvalue weighted by molar-refractivity contribution is 0.193. The van der Waals surface area contributed by atoms with E-state index < -0.39 is 6.04 Å². The largest absolute Gasteiger partial charge is 0.493 e. The molecule has 1 aliphatic heterocycles.